The maximum atomic E-state index is 13.1. The summed E-state index contributed by atoms with van der Waals surface area (Å²) in [6.07, 6.45) is -4.72. The fourth-order valence-electron chi connectivity index (χ4n) is 3.35. The smallest absolute Gasteiger partial charge is 0.416 e. The maximum absolute atomic E-state index is 13.1. The Hall–Kier alpha value is -3.24. The minimum Gasteiger partial charge on any atom is -0.493 e. The number of hydrogen-bond acceptors (Lipinski definition) is 5. The molecule has 11 heteroatoms. The number of halogens is 4. The molecule has 1 amide bonds. The van der Waals surface area contributed by atoms with E-state index in [0.717, 1.165) is 18.2 Å². The number of rotatable bonds is 8. The lowest BCUT2D eigenvalue weighted by atomic mass is 10.1. The molecule has 0 N–H and O–H groups in total. The summed E-state index contributed by atoms with van der Waals surface area (Å²) in [5.74, 6) is -0.519. The van der Waals surface area contributed by atoms with Crippen LogP contribution in [-0.4, -0.2) is 32.4 Å². The molecule has 0 saturated heterocycles. The quantitative estimate of drug-likeness (QED) is 0.318. The van der Waals surface area contributed by atoms with Crippen molar-refractivity contribution in [2.75, 3.05) is 7.11 Å². The van der Waals surface area contributed by atoms with Crippen LogP contribution in [0.15, 0.2) is 71.6 Å². The van der Waals surface area contributed by atoms with Gasteiger partial charge in [0.15, 0.2) is 11.5 Å². The molecule has 0 bridgehead atoms. The van der Waals surface area contributed by atoms with Gasteiger partial charge in [-0.25, -0.2) is 0 Å². The predicted molar refractivity (Wildman–Crippen MR) is 129 cm³/mol. The average molecular weight is 542 g/mol. The van der Waals surface area contributed by atoms with Crippen molar-refractivity contribution in [3.05, 3.63) is 88.4 Å². The van der Waals surface area contributed by atoms with Crippen LogP contribution in [0.25, 0.3) is 0 Å². The summed E-state index contributed by atoms with van der Waals surface area (Å²) < 4.78 is 75.1. The Kier molecular flexibility index (Phi) is 8.20. The molecule has 0 unspecified atom stereocenters. The Bertz CT molecular complexity index is 1360. The van der Waals surface area contributed by atoms with Gasteiger partial charge < -0.3 is 13.8 Å². The number of ether oxygens (including phenoxy) is 1. The molecule has 0 aliphatic carbocycles. The second kappa shape index (κ2) is 10.8. The molecule has 6 nitrogen and oxygen atoms in total. The molecule has 0 fully saturated rings. The number of alkyl halides is 3. The molecule has 0 radical (unpaired) electrons. The van der Waals surface area contributed by atoms with Gasteiger partial charge in [0.1, 0.15) is 4.90 Å². The van der Waals surface area contributed by atoms with Crippen LogP contribution < -0.4 is 8.92 Å². The molecule has 0 aromatic heterocycles. The lowest BCUT2D eigenvalue weighted by Crippen LogP contribution is -2.36. The first-order valence-corrected chi connectivity index (χ1v) is 12.5. The zero-order valence-electron chi connectivity index (χ0n) is 19.5. The van der Waals surface area contributed by atoms with Crippen molar-refractivity contribution in [3.63, 3.8) is 0 Å². The predicted octanol–water partition coefficient (Wildman–Crippen LogP) is 6.19. The Balaban J connectivity index is 1.93. The van der Waals surface area contributed by atoms with Crippen molar-refractivity contribution >= 4 is 27.6 Å². The van der Waals surface area contributed by atoms with Gasteiger partial charge in [0.05, 0.1) is 23.3 Å². The number of benzene rings is 3. The Morgan fingerprint density at radius 3 is 2.31 bits per heavy atom. The number of hydrogen-bond donors (Lipinski definition) is 0. The van der Waals surface area contributed by atoms with E-state index in [1.54, 1.807) is 30.3 Å². The first-order chi connectivity index (χ1) is 16.8. The zero-order valence-corrected chi connectivity index (χ0v) is 21.1. The Labute approximate surface area is 212 Å². The molecule has 3 aromatic rings. The molecule has 0 saturated carbocycles. The second-order valence-electron chi connectivity index (χ2n) is 8.05. The average Bonchev–Trinajstić information content (AvgIpc) is 2.82. The van der Waals surface area contributed by atoms with Crippen LogP contribution in [0.4, 0.5) is 13.2 Å². The van der Waals surface area contributed by atoms with E-state index in [0.29, 0.717) is 22.2 Å². The van der Waals surface area contributed by atoms with Crippen molar-refractivity contribution in [2.45, 2.75) is 37.5 Å². The molecule has 0 spiro atoms. The van der Waals surface area contributed by atoms with Crippen LogP contribution in [-0.2, 0) is 22.8 Å². The van der Waals surface area contributed by atoms with Gasteiger partial charge in [-0.15, -0.1) is 0 Å². The summed E-state index contributed by atoms with van der Waals surface area (Å²) in [5.41, 5.74) is -0.317. The van der Waals surface area contributed by atoms with Crippen molar-refractivity contribution < 1.29 is 35.3 Å². The highest BCUT2D eigenvalue weighted by atomic mass is 35.5. The highest BCUT2D eigenvalue weighted by Crippen LogP contribution is 2.34. The summed E-state index contributed by atoms with van der Waals surface area (Å²) in [7, 11) is -3.34. The van der Waals surface area contributed by atoms with Gasteiger partial charge in [-0.05, 0) is 61.9 Å². The van der Waals surface area contributed by atoms with Gasteiger partial charge in [0, 0.05) is 12.6 Å². The van der Waals surface area contributed by atoms with E-state index in [4.69, 9.17) is 20.5 Å². The third kappa shape index (κ3) is 6.30. The maximum Gasteiger partial charge on any atom is 0.416 e. The highest BCUT2D eigenvalue weighted by Gasteiger charge is 2.32. The monoisotopic (exact) mass is 541 g/mol. The van der Waals surface area contributed by atoms with Crippen LogP contribution in [0.2, 0.25) is 5.02 Å². The number of carbonyl (C=O) groups excluding carboxylic acids is 1. The Morgan fingerprint density at radius 1 is 1.00 bits per heavy atom. The lowest BCUT2D eigenvalue weighted by molar-refractivity contribution is -0.137. The summed E-state index contributed by atoms with van der Waals surface area (Å²) in [6.45, 7) is 3.70. The van der Waals surface area contributed by atoms with Gasteiger partial charge in [-0.3, -0.25) is 4.79 Å². The molecule has 3 aromatic carbocycles. The van der Waals surface area contributed by atoms with Gasteiger partial charge >= 0.3 is 16.3 Å². The standard InChI is InChI=1S/C25H23ClF3NO5S/c1-16(2)30(24(31)20-9-4-5-10-21(20)26)15-17-11-12-22(34-3)23(13-17)35-36(32,33)19-8-6-7-18(14-19)25(27,28)29/h4-14,16H,15H2,1-3H3. The van der Waals surface area contributed by atoms with E-state index in [-0.39, 0.29) is 30.0 Å². The van der Waals surface area contributed by atoms with Gasteiger partial charge in [-0.1, -0.05) is 35.9 Å². The summed E-state index contributed by atoms with van der Waals surface area (Å²) in [6, 6.07) is 14.0. The Morgan fingerprint density at radius 2 is 1.69 bits per heavy atom. The van der Waals surface area contributed by atoms with E-state index >= 15 is 0 Å². The number of carbonyl (C=O) groups is 1. The van der Waals surface area contributed by atoms with Gasteiger partial charge in [-0.2, -0.15) is 21.6 Å². The SMILES string of the molecule is COc1ccc(CN(C(=O)c2ccccc2Cl)C(C)C)cc1OS(=O)(=O)c1cccc(C(F)(F)F)c1. The van der Waals surface area contributed by atoms with Crippen molar-refractivity contribution in [3.8, 4) is 11.5 Å². The molecule has 3 rings (SSSR count). The van der Waals surface area contributed by atoms with E-state index in [9.17, 15) is 26.4 Å². The molecule has 192 valence electrons. The summed E-state index contributed by atoms with van der Waals surface area (Å²) in [4.78, 5) is 14.0. The number of nitrogens with zero attached hydrogens (tertiary/aromatic N) is 1. The third-order valence-corrected chi connectivity index (χ3v) is 6.78. The zero-order chi connectivity index (χ0) is 26.7. The highest BCUT2D eigenvalue weighted by molar-refractivity contribution is 7.87. The summed E-state index contributed by atoms with van der Waals surface area (Å²) >= 11 is 6.18. The van der Waals surface area contributed by atoms with E-state index < -0.39 is 26.8 Å². The van der Waals surface area contributed by atoms with Crippen LogP contribution in [0, 0.1) is 0 Å². The van der Waals surface area contributed by atoms with Crippen LogP contribution in [0.5, 0.6) is 11.5 Å². The molecule has 0 aliphatic rings. The largest absolute Gasteiger partial charge is 0.493 e. The number of amides is 1. The van der Waals surface area contributed by atoms with Crippen molar-refractivity contribution in [2.24, 2.45) is 0 Å². The fourth-order valence-corrected chi connectivity index (χ4v) is 4.55. The number of methoxy groups -OCH3 is 1. The fraction of sp³-hybridized carbons (Fsp3) is 0.240. The lowest BCUT2D eigenvalue weighted by Gasteiger charge is -2.27. The van der Waals surface area contributed by atoms with Crippen LogP contribution in [0.3, 0.4) is 0 Å². The molecule has 0 heterocycles. The summed E-state index contributed by atoms with van der Waals surface area (Å²) in [5, 5.41) is 0.291. The molecule has 0 atom stereocenters. The molecular formula is C25H23ClF3NO5S. The topological polar surface area (TPSA) is 72.9 Å². The van der Waals surface area contributed by atoms with Crippen molar-refractivity contribution in [1.29, 1.82) is 0 Å². The minimum absolute atomic E-state index is 0.0443. The molecular weight excluding hydrogens is 519 g/mol. The van der Waals surface area contributed by atoms with Gasteiger partial charge in [0.2, 0.25) is 0 Å². The molecule has 36 heavy (non-hydrogen) atoms. The van der Waals surface area contributed by atoms with Crippen LogP contribution >= 0.6 is 11.6 Å². The first kappa shape index (κ1) is 27.3. The normalized spacial score (nSPS) is 11.9. The molecule has 0 aliphatic heterocycles. The minimum atomic E-state index is -4.72. The van der Waals surface area contributed by atoms with Gasteiger partial charge in [0.25, 0.3) is 5.91 Å². The van der Waals surface area contributed by atoms with Crippen molar-refractivity contribution in [1.82, 2.24) is 4.90 Å². The first-order valence-electron chi connectivity index (χ1n) is 10.7. The van der Waals surface area contributed by atoms with E-state index in [1.807, 2.05) is 13.8 Å². The second-order valence-corrected chi connectivity index (χ2v) is 10.0. The third-order valence-electron chi connectivity index (χ3n) is 5.22. The van der Waals surface area contributed by atoms with E-state index in [2.05, 4.69) is 0 Å². The van der Waals surface area contributed by atoms with Crippen LogP contribution in [0.1, 0.15) is 35.3 Å². The van der Waals surface area contributed by atoms with E-state index in [1.165, 1.54) is 24.1 Å².